The molecule has 0 spiro atoms. The number of rotatable bonds is 11. The van der Waals surface area contributed by atoms with Crippen LogP contribution in [0.4, 0.5) is 9.59 Å². The fourth-order valence-electron chi connectivity index (χ4n) is 9.24. The van der Waals surface area contributed by atoms with Gasteiger partial charge in [0.2, 0.25) is 8.32 Å². The van der Waals surface area contributed by atoms with Gasteiger partial charge in [-0.25, -0.2) is 9.59 Å². The summed E-state index contributed by atoms with van der Waals surface area (Å²) in [4.78, 5) is 24.5. The van der Waals surface area contributed by atoms with Crippen molar-refractivity contribution in [1.82, 2.24) is 0 Å². The molecule has 0 bridgehead atoms. The largest absolute Gasteiger partial charge is 0.545 e. The molecule has 3 saturated carbocycles. The Morgan fingerprint density at radius 1 is 0.979 bits per heavy atom. The topological polar surface area (TPSA) is 98.8 Å². The van der Waals surface area contributed by atoms with Gasteiger partial charge in [-0.3, -0.25) is 0 Å². The lowest BCUT2D eigenvalue weighted by molar-refractivity contribution is -0.109. The average Bonchev–Trinajstić information content (AvgIpc) is 3.36. The Balaban J connectivity index is 1.62. The van der Waals surface area contributed by atoms with Gasteiger partial charge < -0.3 is 32.8 Å². The SMILES string of the molecule is COCOC(C)(C)/C(=C/[C@@H](C)[C@H](C)[C@H]1CC[C@H]2C3=CC=C4C[C@@H](OC(=O)OC)C[C@H](OC(=O)OC)[C@]4(C)[C@H]3CC[C@]12C)O[Si](C)(C)C. The van der Waals surface area contributed by atoms with Crippen molar-refractivity contribution < 1.29 is 42.4 Å². The van der Waals surface area contributed by atoms with Crippen LogP contribution in [0.2, 0.25) is 19.6 Å². The highest BCUT2D eigenvalue weighted by Gasteiger charge is 2.60. The summed E-state index contributed by atoms with van der Waals surface area (Å²) < 4.78 is 39.3. The molecular formula is C37H60O9Si. The predicted molar refractivity (Wildman–Crippen MR) is 183 cm³/mol. The second kappa shape index (κ2) is 14.3. The first-order valence-electron chi connectivity index (χ1n) is 17.4. The zero-order valence-corrected chi connectivity index (χ0v) is 31.9. The first-order valence-corrected chi connectivity index (χ1v) is 20.8. The first kappa shape index (κ1) is 37.5. The van der Waals surface area contributed by atoms with Crippen molar-refractivity contribution in [2.24, 2.45) is 40.4 Å². The van der Waals surface area contributed by atoms with E-state index in [1.165, 1.54) is 26.2 Å². The zero-order valence-electron chi connectivity index (χ0n) is 30.9. The van der Waals surface area contributed by atoms with Crippen LogP contribution in [0.1, 0.15) is 80.1 Å². The Bertz CT molecular complexity index is 1250. The number of carbonyl (C=O) groups excluding carboxylic acids is 2. The summed E-state index contributed by atoms with van der Waals surface area (Å²) in [6, 6.07) is 0. The van der Waals surface area contributed by atoms with E-state index >= 15 is 0 Å². The molecule has 0 aromatic heterocycles. The Morgan fingerprint density at radius 3 is 2.26 bits per heavy atom. The lowest BCUT2D eigenvalue weighted by Crippen LogP contribution is -2.54. The Kier molecular flexibility index (Phi) is 11.4. The normalized spacial score (nSPS) is 33.6. The summed E-state index contributed by atoms with van der Waals surface area (Å²) >= 11 is 0. The van der Waals surface area contributed by atoms with Gasteiger partial charge >= 0.3 is 12.3 Å². The molecule has 3 fully saturated rings. The van der Waals surface area contributed by atoms with Crippen molar-refractivity contribution in [1.29, 1.82) is 0 Å². The minimum Gasteiger partial charge on any atom is -0.545 e. The molecule has 0 amide bonds. The number of ether oxygens (including phenoxy) is 6. The van der Waals surface area contributed by atoms with Crippen LogP contribution in [-0.2, 0) is 32.8 Å². The van der Waals surface area contributed by atoms with Crippen LogP contribution in [-0.4, -0.2) is 66.6 Å². The van der Waals surface area contributed by atoms with Gasteiger partial charge in [-0.05, 0) is 100 Å². The molecular weight excluding hydrogens is 616 g/mol. The van der Waals surface area contributed by atoms with Crippen molar-refractivity contribution in [3.63, 3.8) is 0 Å². The Hall–Kier alpha value is -2.30. The van der Waals surface area contributed by atoms with Crippen LogP contribution in [0.5, 0.6) is 0 Å². The third-order valence-electron chi connectivity index (χ3n) is 11.9. The van der Waals surface area contributed by atoms with E-state index < -0.39 is 43.9 Å². The van der Waals surface area contributed by atoms with Crippen LogP contribution < -0.4 is 0 Å². The van der Waals surface area contributed by atoms with E-state index in [1.54, 1.807) is 7.11 Å². The highest BCUT2D eigenvalue weighted by atomic mass is 28.4. The zero-order chi connectivity index (χ0) is 34.9. The maximum atomic E-state index is 12.5. The number of methoxy groups -OCH3 is 3. The van der Waals surface area contributed by atoms with Crippen molar-refractivity contribution >= 4 is 20.6 Å². The van der Waals surface area contributed by atoms with E-state index in [2.05, 4.69) is 79.4 Å². The second-order valence-corrected chi connectivity index (χ2v) is 20.6. The summed E-state index contributed by atoms with van der Waals surface area (Å²) in [7, 11) is 2.38. The minimum absolute atomic E-state index is 0.150. The van der Waals surface area contributed by atoms with Crippen molar-refractivity contribution in [2.45, 2.75) is 118 Å². The maximum absolute atomic E-state index is 12.5. The van der Waals surface area contributed by atoms with Gasteiger partial charge in [-0.2, -0.15) is 0 Å². The van der Waals surface area contributed by atoms with E-state index in [9.17, 15) is 9.59 Å². The van der Waals surface area contributed by atoms with Gasteiger partial charge in [-0.15, -0.1) is 0 Å². The molecule has 0 heterocycles. The highest BCUT2D eigenvalue weighted by Crippen LogP contribution is 2.66. The molecule has 9 atom stereocenters. The molecule has 0 radical (unpaired) electrons. The summed E-state index contributed by atoms with van der Waals surface area (Å²) in [6.45, 7) is 20.4. The van der Waals surface area contributed by atoms with Gasteiger partial charge in [0.25, 0.3) is 0 Å². The van der Waals surface area contributed by atoms with Crippen molar-refractivity contribution in [2.75, 3.05) is 28.1 Å². The van der Waals surface area contributed by atoms with Gasteiger partial charge in [-0.1, -0.05) is 51.0 Å². The van der Waals surface area contributed by atoms with Crippen LogP contribution >= 0.6 is 0 Å². The highest BCUT2D eigenvalue weighted by molar-refractivity contribution is 6.70. The van der Waals surface area contributed by atoms with E-state index in [0.717, 1.165) is 30.6 Å². The number of hydrogen-bond donors (Lipinski definition) is 0. The third-order valence-corrected chi connectivity index (χ3v) is 12.8. The van der Waals surface area contributed by atoms with Gasteiger partial charge in [0.15, 0.2) is 0 Å². The van der Waals surface area contributed by atoms with Gasteiger partial charge in [0.1, 0.15) is 30.4 Å². The number of hydrogen-bond acceptors (Lipinski definition) is 9. The molecule has 9 nitrogen and oxygen atoms in total. The van der Waals surface area contributed by atoms with Crippen LogP contribution in [0.25, 0.3) is 0 Å². The number of carbonyl (C=O) groups is 2. The summed E-state index contributed by atoms with van der Waals surface area (Å²) in [5.74, 6) is 2.85. The van der Waals surface area contributed by atoms with Crippen LogP contribution in [0.3, 0.4) is 0 Å². The molecule has 0 saturated heterocycles. The molecule has 0 N–H and O–H groups in total. The molecule has 0 aromatic rings. The number of allylic oxidation sites excluding steroid dienone is 4. The molecule has 0 unspecified atom stereocenters. The quantitative estimate of drug-likeness (QED) is 0.0920. The summed E-state index contributed by atoms with van der Waals surface area (Å²) in [6.07, 6.45) is 9.91. The van der Waals surface area contributed by atoms with E-state index in [1.807, 2.05) is 0 Å². The van der Waals surface area contributed by atoms with Gasteiger partial charge in [0.05, 0.1) is 14.2 Å². The maximum Gasteiger partial charge on any atom is 0.508 e. The number of fused-ring (bicyclic) bond motifs is 5. The van der Waals surface area contributed by atoms with E-state index in [4.69, 9.17) is 32.8 Å². The van der Waals surface area contributed by atoms with Gasteiger partial charge in [0, 0.05) is 25.4 Å². The molecule has 0 aromatic carbocycles. The standard InChI is InChI=1S/C37H60O9Si/c1-23(19-31(46-47(10,11)12)35(3,4)43-22-40-7)24(2)28-15-16-29-27-14-13-25-20-26(44-33(38)41-8)21-32(45-34(39)42-9)37(25,6)30(27)17-18-36(28,29)5/h13-14,19,23-24,26,28-30,32H,15-18,20-22H2,1-12H3/b31-19-/t23-,24+,26-,28-,29+,30+,32+,36-,37+/m1/s1. The van der Waals surface area contributed by atoms with Crippen molar-refractivity contribution in [3.8, 4) is 0 Å². The fourth-order valence-corrected chi connectivity index (χ4v) is 10.2. The van der Waals surface area contributed by atoms with E-state index in [0.29, 0.717) is 30.6 Å². The smallest absolute Gasteiger partial charge is 0.508 e. The Labute approximate surface area is 283 Å². The van der Waals surface area contributed by atoms with Crippen LogP contribution in [0.15, 0.2) is 35.1 Å². The lowest BCUT2D eigenvalue weighted by atomic mass is 9.49. The molecule has 4 rings (SSSR count). The summed E-state index contributed by atoms with van der Waals surface area (Å²) in [5.41, 5.74) is 1.77. The molecule has 47 heavy (non-hydrogen) atoms. The second-order valence-electron chi connectivity index (χ2n) is 16.2. The molecule has 4 aliphatic carbocycles. The van der Waals surface area contributed by atoms with E-state index in [-0.39, 0.29) is 24.0 Å². The first-order chi connectivity index (χ1) is 21.9. The molecule has 4 aliphatic rings. The monoisotopic (exact) mass is 676 g/mol. The third kappa shape index (κ3) is 7.64. The fraction of sp³-hybridized carbons (Fsp3) is 0.784. The lowest BCUT2D eigenvalue weighted by Gasteiger charge is -2.57. The summed E-state index contributed by atoms with van der Waals surface area (Å²) in [5, 5.41) is 0. The average molecular weight is 677 g/mol. The van der Waals surface area contributed by atoms with Crippen molar-refractivity contribution in [3.05, 3.63) is 35.1 Å². The predicted octanol–water partition coefficient (Wildman–Crippen LogP) is 8.81. The minimum atomic E-state index is -1.89. The molecule has 0 aliphatic heterocycles. The molecule has 266 valence electrons. The van der Waals surface area contributed by atoms with Crippen LogP contribution in [0, 0.1) is 40.4 Å². The molecule has 10 heteroatoms. The Morgan fingerprint density at radius 2 is 1.64 bits per heavy atom.